The number of anilines is 1. The number of phenolic OH excluding ortho intramolecular Hbond substituents is 1. The van der Waals surface area contributed by atoms with Gasteiger partial charge in [0.25, 0.3) is 0 Å². The van der Waals surface area contributed by atoms with Gasteiger partial charge in [-0.15, -0.1) is 0 Å². The van der Waals surface area contributed by atoms with Crippen molar-refractivity contribution < 1.29 is 9.90 Å². The highest BCUT2D eigenvalue weighted by atomic mass is 32.1. The maximum Gasteiger partial charge on any atom is 0.231 e. The minimum Gasteiger partial charge on any atom is -0.508 e. The molecule has 0 aromatic heterocycles. The molecule has 0 unspecified atom stereocenters. The number of rotatable bonds is 4. The number of hydrogen-bond acceptors (Lipinski definition) is 3. The Morgan fingerprint density at radius 3 is 2.48 bits per heavy atom. The first-order chi connectivity index (χ1) is 9.97. The summed E-state index contributed by atoms with van der Waals surface area (Å²) in [5.74, 6) is 0.0663. The van der Waals surface area contributed by atoms with Gasteiger partial charge in [0.15, 0.2) is 0 Å². The molecule has 0 aliphatic heterocycles. The van der Waals surface area contributed by atoms with Gasteiger partial charge >= 0.3 is 0 Å². The molecule has 0 atom stereocenters. The van der Waals surface area contributed by atoms with E-state index < -0.39 is 0 Å². The number of amides is 1. The summed E-state index contributed by atoms with van der Waals surface area (Å²) in [4.78, 5) is 14.1. The second-order valence-electron chi connectivity index (χ2n) is 4.71. The Hall–Kier alpha value is -2.40. The molecular formula is C16H16N2O2S. The van der Waals surface area contributed by atoms with E-state index in [-0.39, 0.29) is 18.1 Å². The lowest BCUT2D eigenvalue weighted by Crippen LogP contribution is -2.27. The molecule has 3 N–H and O–H groups in total. The van der Waals surface area contributed by atoms with Crippen molar-refractivity contribution in [1.29, 1.82) is 0 Å². The Labute approximate surface area is 128 Å². The number of likely N-dealkylation sites (N-methyl/N-ethyl adjacent to an activating group) is 1. The summed E-state index contributed by atoms with van der Waals surface area (Å²) in [6, 6.07) is 13.9. The summed E-state index contributed by atoms with van der Waals surface area (Å²) in [5, 5.41) is 9.45. The Kier molecular flexibility index (Phi) is 4.55. The first-order valence-electron chi connectivity index (χ1n) is 6.41. The molecule has 108 valence electrons. The normalized spacial score (nSPS) is 10.1. The third-order valence-corrected chi connectivity index (χ3v) is 3.42. The lowest BCUT2D eigenvalue weighted by atomic mass is 10.1. The lowest BCUT2D eigenvalue weighted by Gasteiger charge is -2.17. The van der Waals surface area contributed by atoms with Crippen LogP contribution in [0.4, 0.5) is 5.69 Å². The van der Waals surface area contributed by atoms with Crippen LogP contribution in [0.3, 0.4) is 0 Å². The topological polar surface area (TPSA) is 66.6 Å². The van der Waals surface area contributed by atoms with Gasteiger partial charge in [-0.05, 0) is 17.7 Å². The number of nitrogens with two attached hydrogens (primary N) is 1. The highest BCUT2D eigenvalue weighted by Crippen LogP contribution is 2.19. The van der Waals surface area contributed by atoms with Crippen LogP contribution in [0, 0.1) is 0 Å². The summed E-state index contributed by atoms with van der Waals surface area (Å²) in [7, 11) is 1.68. The molecule has 21 heavy (non-hydrogen) atoms. The second kappa shape index (κ2) is 6.37. The van der Waals surface area contributed by atoms with Crippen LogP contribution in [-0.4, -0.2) is 23.0 Å². The highest BCUT2D eigenvalue weighted by Gasteiger charge is 2.12. The van der Waals surface area contributed by atoms with E-state index in [1.165, 1.54) is 4.90 Å². The molecule has 0 spiro atoms. The van der Waals surface area contributed by atoms with E-state index >= 15 is 0 Å². The summed E-state index contributed by atoms with van der Waals surface area (Å²) in [6.45, 7) is 0. The average Bonchev–Trinajstić information content (AvgIpc) is 2.47. The smallest absolute Gasteiger partial charge is 0.231 e. The van der Waals surface area contributed by atoms with E-state index in [1.54, 1.807) is 43.4 Å². The molecule has 2 aromatic carbocycles. The molecule has 5 heteroatoms. The highest BCUT2D eigenvalue weighted by molar-refractivity contribution is 7.80. The fourth-order valence-corrected chi connectivity index (χ4v) is 2.06. The zero-order valence-electron chi connectivity index (χ0n) is 11.6. The van der Waals surface area contributed by atoms with Crippen molar-refractivity contribution in [2.24, 2.45) is 5.73 Å². The predicted molar refractivity (Wildman–Crippen MR) is 87.6 cm³/mol. The standard InChI is InChI=1S/C16H16N2O2S/c1-18(13-3-2-4-14(19)10-13)15(20)9-11-5-7-12(8-6-11)16(17)21/h2-8,10,19H,9H2,1H3,(H2,17,21). The zero-order valence-corrected chi connectivity index (χ0v) is 12.4. The van der Waals surface area contributed by atoms with Crippen molar-refractivity contribution in [2.45, 2.75) is 6.42 Å². The van der Waals surface area contributed by atoms with Crippen molar-refractivity contribution >= 4 is 28.8 Å². The van der Waals surface area contributed by atoms with Crippen LogP contribution in [0.15, 0.2) is 48.5 Å². The molecule has 4 nitrogen and oxygen atoms in total. The molecule has 0 bridgehead atoms. The molecule has 0 saturated heterocycles. The number of benzene rings is 2. The number of thiocarbonyl (C=S) groups is 1. The monoisotopic (exact) mass is 300 g/mol. The number of phenols is 1. The van der Waals surface area contributed by atoms with Crippen LogP contribution in [0.1, 0.15) is 11.1 Å². The summed E-state index contributed by atoms with van der Waals surface area (Å²) in [6.07, 6.45) is 0.268. The van der Waals surface area contributed by atoms with Gasteiger partial charge in [-0.25, -0.2) is 0 Å². The predicted octanol–water partition coefficient (Wildman–Crippen LogP) is 2.23. The summed E-state index contributed by atoms with van der Waals surface area (Å²) < 4.78 is 0. The number of nitrogens with zero attached hydrogens (tertiary/aromatic N) is 1. The van der Waals surface area contributed by atoms with E-state index in [0.29, 0.717) is 10.7 Å². The molecular weight excluding hydrogens is 284 g/mol. The van der Waals surface area contributed by atoms with Gasteiger partial charge in [0.2, 0.25) is 5.91 Å². The molecule has 0 heterocycles. The van der Waals surface area contributed by atoms with Gasteiger partial charge in [-0.2, -0.15) is 0 Å². The quantitative estimate of drug-likeness (QED) is 0.850. The Bertz CT molecular complexity index is 668. The number of hydrogen-bond donors (Lipinski definition) is 2. The largest absolute Gasteiger partial charge is 0.508 e. The van der Waals surface area contributed by atoms with E-state index in [4.69, 9.17) is 18.0 Å². The second-order valence-corrected chi connectivity index (χ2v) is 5.15. The van der Waals surface area contributed by atoms with E-state index in [0.717, 1.165) is 11.1 Å². The molecule has 1 amide bonds. The third kappa shape index (κ3) is 3.79. The summed E-state index contributed by atoms with van der Waals surface area (Å²) in [5.41, 5.74) is 7.85. The van der Waals surface area contributed by atoms with Crippen LogP contribution in [0.25, 0.3) is 0 Å². The molecule has 0 aliphatic carbocycles. The molecule has 2 aromatic rings. The molecule has 2 rings (SSSR count). The fraction of sp³-hybridized carbons (Fsp3) is 0.125. The molecule has 0 fully saturated rings. The van der Waals surface area contributed by atoms with Gasteiger partial charge in [-0.3, -0.25) is 4.79 Å². The number of carbonyl (C=O) groups is 1. The van der Waals surface area contributed by atoms with E-state index in [2.05, 4.69) is 0 Å². The Balaban J connectivity index is 2.08. The van der Waals surface area contributed by atoms with Crippen LogP contribution in [-0.2, 0) is 11.2 Å². The van der Waals surface area contributed by atoms with E-state index in [9.17, 15) is 9.90 Å². The van der Waals surface area contributed by atoms with E-state index in [1.807, 2.05) is 12.1 Å². The van der Waals surface area contributed by atoms with Gasteiger partial charge in [0, 0.05) is 24.4 Å². The van der Waals surface area contributed by atoms with Crippen LogP contribution >= 0.6 is 12.2 Å². The van der Waals surface area contributed by atoms with Crippen LogP contribution in [0.2, 0.25) is 0 Å². The average molecular weight is 300 g/mol. The van der Waals surface area contributed by atoms with Gasteiger partial charge < -0.3 is 15.7 Å². The lowest BCUT2D eigenvalue weighted by molar-refractivity contribution is -0.117. The zero-order chi connectivity index (χ0) is 15.4. The maximum atomic E-state index is 12.2. The van der Waals surface area contributed by atoms with Crippen molar-refractivity contribution in [3.05, 3.63) is 59.7 Å². The fourth-order valence-electron chi connectivity index (χ4n) is 1.93. The SMILES string of the molecule is CN(C(=O)Cc1ccc(C(N)=S)cc1)c1cccc(O)c1. The minimum atomic E-state index is -0.0660. The third-order valence-electron chi connectivity index (χ3n) is 3.18. The van der Waals surface area contributed by atoms with Crippen molar-refractivity contribution in [3.63, 3.8) is 0 Å². The summed E-state index contributed by atoms with van der Waals surface area (Å²) >= 11 is 4.89. The van der Waals surface area contributed by atoms with Gasteiger partial charge in [0.05, 0.1) is 6.42 Å². The first kappa shape index (κ1) is 15.0. The molecule has 0 saturated carbocycles. The van der Waals surface area contributed by atoms with Crippen LogP contribution in [0.5, 0.6) is 5.75 Å². The van der Waals surface area contributed by atoms with Crippen molar-refractivity contribution in [1.82, 2.24) is 0 Å². The Morgan fingerprint density at radius 1 is 1.24 bits per heavy atom. The van der Waals surface area contributed by atoms with Crippen LogP contribution < -0.4 is 10.6 Å². The van der Waals surface area contributed by atoms with Gasteiger partial charge in [-0.1, -0.05) is 42.5 Å². The first-order valence-corrected chi connectivity index (χ1v) is 6.82. The molecule has 0 radical (unpaired) electrons. The Morgan fingerprint density at radius 2 is 1.90 bits per heavy atom. The number of aromatic hydroxyl groups is 1. The number of carbonyl (C=O) groups excluding carboxylic acids is 1. The minimum absolute atomic E-state index is 0.0660. The molecule has 0 aliphatic rings. The van der Waals surface area contributed by atoms with Crippen molar-refractivity contribution in [2.75, 3.05) is 11.9 Å². The maximum absolute atomic E-state index is 12.2. The van der Waals surface area contributed by atoms with Gasteiger partial charge in [0.1, 0.15) is 10.7 Å². The van der Waals surface area contributed by atoms with Crippen molar-refractivity contribution in [3.8, 4) is 5.75 Å².